The zero-order valence-electron chi connectivity index (χ0n) is 12.3. The van der Waals surface area contributed by atoms with E-state index in [0.717, 1.165) is 70.1 Å². The van der Waals surface area contributed by atoms with Crippen LogP contribution in [0.25, 0.3) is 0 Å². The fourth-order valence-electron chi connectivity index (χ4n) is 2.90. The van der Waals surface area contributed by atoms with Crippen molar-refractivity contribution >= 4 is 5.69 Å². The highest BCUT2D eigenvalue weighted by molar-refractivity contribution is 5.59. The number of rotatable bonds is 3. The Labute approximate surface area is 125 Å². The molecule has 2 fully saturated rings. The molecule has 1 aromatic rings. The Morgan fingerprint density at radius 2 is 2.05 bits per heavy atom. The molecule has 2 saturated heterocycles. The summed E-state index contributed by atoms with van der Waals surface area (Å²) in [6, 6.07) is 4.84. The van der Waals surface area contributed by atoms with Crippen molar-refractivity contribution in [2.75, 3.05) is 44.3 Å². The van der Waals surface area contributed by atoms with Crippen LogP contribution < -0.4 is 15.0 Å². The molecule has 4 nitrogen and oxygen atoms in total. The monoisotopic (exact) mass is 294 g/mol. The Balaban J connectivity index is 1.78. The molecule has 0 radical (unpaired) electrons. The van der Waals surface area contributed by atoms with Crippen LogP contribution in [0.4, 0.5) is 10.1 Å². The van der Waals surface area contributed by atoms with E-state index in [1.165, 1.54) is 6.07 Å². The van der Waals surface area contributed by atoms with Gasteiger partial charge in [-0.2, -0.15) is 0 Å². The lowest BCUT2D eigenvalue weighted by Gasteiger charge is -2.28. The van der Waals surface area contributed by atoms with E-state index in [0.29, 0.717) is 0 Å². The van der Waals surface area contributed by atoms with Gasteiger partial charge in [0, 0.05) is 38.5 Å². The molecule has 1 N–H and O–H groups in total. The minimum atomic E-state index is -0.207. The first-order valence-electron chi connectivity index (χ1n) is 7.82. The zero-order chi connectivity index (χ0) is 14.5. The fourth-order valence-corrected chi connectivity index (χ4v) is 2.90. The third-order valence-corrected chi connectivity index (χ3v) is 4.06. The van der Waals surface area contributed by atoms with E-state index < -0.39 is 0 Å². The summed E-state index contributed by atoms with van der Waals surface area (Å²) in [6.07, 6.45) is 3.04. The minimum Gasteiger partial charge on any atom is -0.488 e. The second-order valence-corrected chi connectivity index (χ2v) is 5.63. The van der Waals surface area contributed by atoms with Gasteiger partial charge in [0.25, 0.3) is 0 Å². The predicted octanol–water partition coefficient (Wildman–Crippen LogP) is 2.18. The number of anilines is 1. The van der Waals surface area contributed by atoms with Crippen molar-refractivity contribution in [1.82, 2.24) is 5.32 Å². The van der Waals surface area contributed by atoms with Crippen LogP contribution in [0.5, 0.6) is 5.75 Å². The summed E-state index contributed by atoms with van der Waals surface area (Å²) in [5.41, 5.74) is 0.880. The lowest BCUT2D eigenvalue weighted by molar-refractivity contribution is 0.0257. The second-order valence-electron chi connectivity index (χ2n) is 5.63. The molecule has 5 heteroatoms. The minimum absolute atomic E-state index is 0.174. The highest BCUT2D eigenvalue weighted by Crippen LogP contribution is 2.31. The van der Waals surface area contributed by atoms with E-state index in [9.17, 15) is 4.39 Å². The molecule has 2 heterocycles. The lowest BCUT2D eigenvalue weighted by atomic mass is 10.1. The largest absolute Gasteiger partial charge is 0.488 e. The normalized spacial score (nSPS) is 21.1. The Kier molecular flexibility index (Phi) is 4.93. The summed E-state index contributed by atoms with van der Waals surface area (Å²) in [5, 5.41) is 3.37. The van der Waals surface area contributed by atoms with Gasteiger partial charge in [-0.3, -0.25) is 0 Å². The van der Waals surface area contributed by atoms with Crippen molar-refractivity contribution in [3.8, 4) is 5.75 Å². The van der Waals surface area contributed by atoms with Gasteiger partial charge in [-0.05, 0) is 25.1 Å². The quantitative estimate of drug-likeness (QED) is 0.926. The average Bonchev–Trinajstić information content (AvgIpc) is 2.79. The van der Waals surface area contributed by atoms with Crippen LogP contribution in [0.1, 0.15) is 19.3 Å². The van der Waals surface area contributed by atoms with Gasteiger partial charge in [0.1, 0.15) is 17.7 Å². The van der Waals surface area contributed by atoms with Crippen molar-refractivity contribution in [1.29, 1.82) is 0 Å². The number of halogens is 1. The summed E-state index contributed by atoms with van der Waals surface area (Å²) >= 11 is 0. The third-order valence-electron chi connectivity index (χ3n) is 4.06. The van der Waals surface area contributed by atoms with Gasteiger partial charge in [-0.25, -0.2) is 4.39 Å². The molecule has 0 bridgehead atoms. The standard InChI is InChI=1S/C16H23FN2O2/c17-13-2-3-16(21-14-4-10-20-11-5-14)15(12-13)19-8-1-6-18-7-9-19/h2-3,12,14,18H,1,4-11H2. The van der Waals surface area contributed by atoms with Gasteiger partial charge >= 0.3 is 0 Å². The molecule has 3 rings (SSSR count). The Morgan fingerprint density at radius 1 is 1.19 bits per heavy atom. The van der Waals surface area contributed by atoms with Crippen molar-refractivity contribution in [3.05, 3.63) is 24.0 Å². The Hall–Kier alpha value is -1.33. The molecule has 0 unspecified atom stereocenters. The van der Waals surface area contributed by atoms with Crippen LogP contribution >= 0.6 is 0 Å². The molecule has 116 valence electrons. The molecule has 0 aliphatic carbocycles. The number of benzene rings is 1. The zero-order valence-corrected chi connectivity index (χ0v) is 12.3. The molecule has 0 aromatic heterocycles. The second kappa shape index (κ2) is 7.09. The van der Waals surface area contributed by atoms with Crippen LogP contribution in [-0.4, -0.2) is 45.5 Å². The maximum Gasteiger partial charge on any atom is 0.143 e. The van der Waals surface area contributed by atoms with Crippen LogP contribution in [-0.2, 0) is 4.74 Å². The maximum absolute atomic E-state index is 13.7. The van der Waals surface area contributed by atoms with Crippen LogP contribution in [0.3, 0.4) is 0 Å². The van der Waals surface area contributed by atoms with E-state index in [1.807, 2.05) is 0 Å². The van der Waals surface area contributed by atoms with Crippen LogP contribution in [0.15, 0.2) is 18.2 Å². The summed E-state index contributed by atoms with van der Waals surface area (Å²) < 4.78 is 25.2. The Bertz CT molecular complexity index is 456. The van der Waals surface area contributed by atoms with Crippen LogP contribution in [0.2, 0.25) is 0 Å². The summed E-state index contributed by atoms with van der Waals surface area (Å²) in [5.74, 6) is 0.590. The van der Waals surface area contributed by atoms with Gasteiger partial charge in [0.2, 0.25) is 0 Å². The van der Waals surface area contributed by atoms with Gasteiger partial charge in [-0.15, -0.1) is 0 Å². The summed E-state index contributed by atoms with van der Waals surface area (Å²) in [4.78, 5) is 2.22. The predicted molar refractivity (Wildman–Crippen MR) is 80.6 cm³/mol. The first kappa shape index (κ1) is 14.6. The fraction of sp³-hybridized carbons (Fsp3) is 0.625. The molecule has 0 amide bonds. The highest BCUT2D eigenvalue weighted by atomic mass is 19.1. The number of nitrogens with zero attached hydrogens (tertiary/aromatic N) is 1. The van der Waals surface area contributed by atoms with Gasteiger partial charge < -0.3 is 19.7 Å². The lowest BCUT2D eigenvalue weighted by Crippen LogP contribution is -2.30. The van der Waals surface area contributed by atoms with Gasteiger partial charge in [-0.1, -0.05) is 0 Å². The number of hydrogen-bond acceptors (Lipinski definition) is 4. The Morgan fingerprint density at radius 3 is 2.90 bits per heavy atom. The maximum atomic E-state index is 13.7. The summed E-state index contributed by atoms with van der Waals surface area (Å²) in [6.45, 7) is 5.24. The van der Waals surface area contributed by atoms with E-state index >= 15 is 0 Å². The van der Waals surface area contributed by atoms with Gasteiger partial charge in [0.05, 0.1) is 18.9 Å². The first-order chi connectivity index (χ1) is 10.3. The summed E-state index contributed by atoms with van der Waals surface area (Å²) in [7, 11) is 0. The third kappa shape index (κ3) is 3.86. The SMILES string of the molecule is Fc1ccc(OC2CCOCC2)c(N2CCCNCC2)c1. The van der Waals surface area contributed by atoms with Gasteiger partial charge in [0.15, 0.2) is 0 Å². The van der Waals surface area contributed by atoms with Crippen molar-refractivity contribution in [3.63, 3.8) is 0 Å². The van der Waals surface area contributed by atoms with Crippen molar-refractivity contribution in [2.24, 2.45) is 0 Å². The van der Waals surface area contributed by atoms with E-state index in [2.05, 4.69) is 10.2 Å². The molecule has 0 saturated carbocycles. The smallest absolute Gasteiger partial charge is 0.143 e. The topological polar surface area (TPSA) is 33.7 Å². The average molecular weight is 294 g/mol. The van der Waals surface area contributed by atoms with Crippen molar-refractivity contribution in [2.45, 2.75) is 25.4 Å². The molecular formula is C16H23FN2O2. The molecule has 2 aliphatic heterocycles. The molecule has 1 aromatic carbocycles. The first-order valence-corrected chi connectivity index (χ1v) is 7.82. The molecule has 21 heavy (non-hydrogen) atoms. The molecule has 0 spiro atoms. The van der Waals surface area contributed by atoms with Crippen molar-refractivity contribution < 1.29 is 13.9 Å². The number of ether oxygens (including phenoxy) is 2. The number of nitrogens with one attached hydrogen (secondary N) is 1. The molecule has 0 atom stereocenters. The highest BCUT2D eigenvalue weighted by Gasteiger charge is 2.20. The number of hydrogen-bond donors (Lipinski definition) is 1. The molecular weight excluding hydrogens is 271 g/mol. The van der Waals surface area contributed by atoms with E-state index in [1.54, 1.807) is 12.1 Å². The van der Waals surface area contributed by atoms with E-state index in [-0.39, 0.29) is 11.9 Å². The molecule has 2 aliphatic rings. The van der Waals surface area contributed by atoms with E-state index in [4.69, 9.17) is 9.47 Å². The van der Waals surface area contributed by atoms with Crippen LogP contribution in [0, 0.1) is 5.82 Å².